The van der Waals surface area contributed by atoms with E-state index in [1.165, 1.54) is 0 Å². The van der Waals surface area contributed by atoms with Gasteiger partial charge in [-0.1, -0.05) is 20.8 Å². The van der Waals surface area contributed by atoms with Crippen LogP contribution in [0.2, 0.25) is 0 Å². The van der Waals surface area contributed by atoms with E-state index in [-0.39, 0.29) is 0 Å². The third-order valence-corrected chi connectivity index (χ3v) is 1.60. The Morgan fingerprint density at radius 1 is 1.36 bits per heavy atom. The number of rotatable bonds is 1. The third-order valence-electron chi connectivity index (χ3n) is 1.60. The first-order valence-electron chi connectivity index (χ1n) is 4.00. The Balaban J connectivity index is 2.72. The summed E-state index contributed by atoms with van der Waals surface area (Å²) in [6.45, 7) is 7.80. The summed E-state index contributed by atoms with van der Waals surface area (Å²) in [5.41, 5.74) is 0.358. The van der Waals surface area contributed by atoms with Crippen LogP contribution in [0.25, 0.3) is 0 Å². The van der Waals surface area contributed by atoms with Crippen molar-refractivity contribution in [1.82, 2.24) is 4.68 Å². The highest BCUT2D eigenvalue weighted by Crippen LogP contribution is 2.14. The molecule has 1 rings (SSSR count). The predicted octanol–water partition coefficient (Wildman–Crippen LogP) is 1.36. The Hall–Kier alpha value is -0.790. The lowest BCUT2D eigenvalue weighted by molar-refractivity contribution is -0.754. The first-order chi connectivity index (χ1) is 4.99. The second-order valence-corrected chi connectivity index (χ2v) is 4.22. The number of hydrogen-bond acceptors (Lipinski definition) is 0. The van der Waals surface area contributed by atoms with Gasteiger partial charge in [-0.05, 0) is 5.41 Å². The summed E-state index contributed by atoms with van der Waals surface area (Å²) in [6.07, 6.45) is 4.16. The van der Waals surface area contributed by atoms with Crippen LogP contribution in [0.3, 0.4) is 0 Å². The van der Waals surface area contributed by atoms with E-state index in [4.69, 9.17) is 0 Å². The average Bonchev–Trinajstić information content (AvgIpc) is 2.12. The van der Waals surface area contributed by atoms with Gasteiger partial charge in [-0.3, -0.25) is 0 Å². The van der Waals surface area contributed by atoms with Crippen molar-refractivity contribution in [2.24, 2.45) is 12.5 Å². The zero-order chi connectivity index (χ0) is 8.48. The molecule has 0 atom stereocenters. The van der Waals surface area contributed by atoms with Gasteiger partial charge in [-0.2, -0.15) is 4.68 Å². The van der Waals surface area contributed by atoms with E-state index in [9.17, 15) is 0 Å². The van der Waals surface area contributed by atoms with Crippen LogP contribution in [-0.2, 0) is 13.6 Å². The van der Waals surface area contributed by atoms with Gasteiger partial charge in [0.05, 0.1) is 12.7 Å². The molecule has 0 saturated carbocycles. The zero-order valence-electron chi connectivity index (χ0n) is 7.83. The van der Waals surface area contributed by atoms with Crippen LogP contribution >= 0.6 is 0 Å². The van der Waals surface area contributed by atoms with Gasteiger partial charge < -0.3 is 0 Å². The highest BCUT2D eigenvalue weighted by Gasteiger charge is 2.14. The Morgan fingerprint density at radius 2 is 2.00 bits per heavy atom. The topological polar surface area (TPSA) is 8.81 Å². The minimum atomic E-state index is 0.358. The molecule has 0 aliphatic carbocycles. The number of aryl methyl sites for hydroxylation is 1. The van der Waals surface area contributed by atoms with E-state index in [1.54, 1.807) is 0 Å². The molecule has 0 aliphatic heterocycles. The minimum Gasteiger partial charge on any atom is -0.161 e. The quantitative estimate of drug-likeness (QED) is 0.539. The fourth-order valence-corrected chi connectivity index (χ4v) is 1.10. The zero-order valence-corrected chi connectivity index (χ0v) is 7.83. The van der Waals surface area contributed by atoms with E-state index < -0.39 is 0 Å². The molecule has 11 heavy (non-hydrogen) atoms. The fraction of sp³-hybridized carbons (Fsp3) is 0.667. The van der Waals surface area contributed by atoms with Gasteiger partial charge >= 0.3 is 0 Å². The highest BCUT2D eigenvalue weighted by molar-refractivity contribution is 4.73. The molecular weight excluding hydrogens is 136 g/mol. The molecule has 1 heterocycles. The molecule has 1 aromatic heterocycles. The fourth-order valence-electron chi connectivity index (χ4n) is 1.10. The molecule has 0 unspecified atom stereocenters. The summed E-state index contributed by atoms with van der Waals surface area (Å²) in [5.74, 6) is 0. The van der Waals surface area contributed by atoms with Gasteiger partial charge in [0.25, 0.3) is 0 Å². The smallest absolute Gasteiger partial charge is 0.161 e. The van der Waals surface area contributed by atoms with Gasteiger partial charge in [0, 0.05) is 6.07 Å². The molecule has 0 aliphatic rings. The average molecular weight is 153 g/mol. The lowest BCUT2D eigenvalue weighted by Gasteiger charge is -2.16. The molecule has 0 bridgehead atoms. The van der Waals surface area contributed by atoms with Crippen LogP contribution < -0.4 is 4.68 Å². The summed E-state index contributed by atoms with van der Waals surface area (Å²) in [4.78, 5) is 0. The van der Waals surface area contributed by atoms with Gasteiger partial charge in [0.15, 0.2) is 13.2 Å². The summed E-state index contributed by atoms with van der Waals surface area (Å²) < 4.78 is 4.31. The van der Waals surface area contributed by atoms with Crippen LogP contribution in [0, 0.1) is 5.41 Å². The second-order valence-electron chi connectivity index (χ2n) is 4.22. The molecule has 0 N–H and O–H groups in total. The molecule has 62 valence electrons. The molecule has 2 heteroatoms. The van der Waals surface area contributed by atoms with Crippen LogP contribution in [0.5, 0.6) is 0 Å². The van der Waals surface area contributed by atoms with Crippen LogP contribution in [0.1, 0.15) is 20.8 Å². The van der Waals surface area contributed by atoms with Crippen molar-refractivity contribution in [2.75, 3.05) is 0 Å². The lowest BCUT2D eigenvalue weighted by atomic mass is 9.97. The third kappa shape index (κ3) is 2.37. The van der Waals surface area contributed by atoms with Crippen molar-refractivity contribution in [2.45, 2.75) is 27.3 Å². The van der Waals surface area contributed by atoms with E-state index in [1.807, 2.05) is 0 Å². The van der Waals surface area contributed by atoms with E-state index >= 15 is 0 Å². The molecule has 1 aromatic rings. The molecule has 2 nitrogen and oxygen atoms in total. The SMILES string of the molecule is C[n+]1cccn1CC(C)(C)C. The van der Waals surface area contributed by atoms with Crippen molar-refractivity contribution >= 4 is 0 Å². The predicted molar refractivity (Wildman–Crippen MR) is 45.1 cm³/mol. The van der Waals surface area contributed by atoms with Crippen LogP contribution in [0.4, 0.5) is 0 Å². The second kappa shape index (κ2) is 2.68. The summed E-state index contributed by atoms with van der Waals surface area (Å²) in [5, 5.41) is 0. The van der Waals surface area contributed by atoms with E-state index in [0.717, 1.165) is 6.54 Å². The molecule has 0 fully saturated rings. The maximum Gasteiger partial charge on any atom is 0.195 e. The van der Waals surface area contributed by atoms with Gasteiger partial charge in [-0.15, -0.1) is 4.68 Å². The summed E-state index contributed by atoms with van der Waals surface area (Å²) in [6, 6.07) is 2.06. The Morgan fingerprint density at radius 3 is 2.36 bits per heavy atom. The number of aromatic nitrogens is 2. The Labute approximate surface area is 68.4 Å². The van der Waals surface area contributed by atoms with Crippen molar-refractivity contribution in [3.05, 3.63) is 18.5 Å². The van der Waals surface area contributed by atoms with Gasteiger partial charge in [-0.25, -0.2) is 0 Å². The van der Waals surface area contributed by atoms with Crippen molar-refractivity contribution in [3.8, 4) is 0 Å². The molecule has 0 radical (unpaired) electrons. The van der Waals surface area contributed by atoms with E-state index in [2.05, 4.69) is 55.6 Å². The summed E-state index contributed by atoms with van der Waals surface area (Å²) >= 11 is 0. The lowest BCUT2D eigenvalue weighted by Crippen LogP contribution is -2.40. The molecule has 0 amide bonds. The Bertz CT molecular complexity index is 230. The largest absolute Gasteiger partial charge is 0.195 e. The standard InChI is InChI=1S/C9H17N2/c1-9(2,3)8-11-7-5-6-10(11)4/h5-7H,8H2,1-4H3/q+1. The van der Waals surface area contributed by atoms with Gasteiger partial charge in [0.1, 0.15) is 0 Å². The van der Waals surface area contributed by atoms with E-state index in [0.29, 0.717) is 5.41 Å². The van der Waals surface area contributed by atoms with Crippen molar-refractivity contribution in [1.29, 1.82) is 0 Å². The highest BCUT2D eigenvalue weighted by atomic mass is 15.4. The van der Waals surface area contributed by atoms with Crippen molar-refractivity contribution < 1.29 is 4.68 Å². The first kappa shape index (κ1) is 8.31. The molecular formula is C9H17N2+. The summed E-state index contributed by atoms with van der Waals surface area (Å²) in [7, 11) is 2.06. The minimum absolute atomic E-state index is 0.358. The number of hydrogen-bond donors (Lipinski definition) is 0. The molecule has 0 saturated heterocycles. The van der Waals surface area contributed by atoms with Crippen LogP contribution in [0.15, 0.2) is 18.5 Å². The maximum atomic E-state index is 2.24. The maximum absolute atomic E-state index is 2.24. The van der Waals surface area contributed by atoms with Crippen molar-refractivity contribution in [3.63, 3.8) is 0 Å². The molecule has 0 spiro atoms. The number of nitrogens with zero attached hydrogens (tertiary/aromatic N) is 2. The van der Waals surface area contributed by atoms with Gasteiger partial charge in [0.2, 0.25) is 0 Å². The monoisotopic (exact) mass is 153 g/mol. The first-order valence-corrected chi connectivity index (χ1v) is 4.00. The van der Waals surface area contributed by atoms with Crippen LogP contribution in [-0.4, -0.2) is 4.68 Å². The molecule has 0 aromatic carbocycles. The normalized spacial score (nSPS) is 12.0. The Kier molecular flexibility index (Phi) is 2.03.